The zero-order valence-corrected chi connectivity index (χ0v) is 8.73. The van der Waals surface area contributed by atoms with Crippen molar-refractivity contribution in [3.05, 3.63) is 17.8 Å². The van der Waals surface area contributed by atoms with Crippen LogP contribution in [-0.4, -0.2) is 24.0 Å². The highest BCUT2D eigenvalue weighted by atomic mass is 32.1. The first-order chi connectivity index (χ1) is 6.19. The lowest BCUT2D eigenvalue weighted by molar-refractivity contribution is 0.413. The van der Waals surface area contributed by atoms with Gasteiger partial charge in [0.2, 0.25) is 0 Å². The molecule has 1 aromatic heterocycles. The van der Waals surface area contributed by atoms with Gasteiger partial charge in [-0.3, -0.25) is 0 Å². The summed E-state index contributed by atoms with van der Waals surface area (Å²) in [6.45, 7) is 1.86. The van der Waals surface area contributed by atoms with Crippen LogP contribution in [0.2, 0.25) is 0 Å². The maximum Gasteiger partial charge on any atom is 0.132 e. The number of nitrogens with zero attached hydrogens (tertiary/aromatic N) is 1. The van der Waals surface area contributed by atoms with Crippen LogP contribution in [-0.2, 0) is 0 Å². The highest BCUT2D eigenvalue weighted by Gasteiger charge is 2.05. The SMILES string of the molecule is CNc1cc(OC)c(C(C)=S)cn1. The molecule has 0 fully saturated rings. The second kappa shape index (κ2) is 4.18. The molecule has 0 aliphatic carbocycles. The van der Waals surface area contributed by atoms with E-state index in [4.69, 9.17) is 17.0 Å². The van der Waals surface area contributed by atoms with E-state index < -0.39 is 0 Å². The average molecular weight is 196 g/mol. The van der Waals surface area contributed by atoms with Gasteiger partial charge in [-0.15, -0.1) is 0 Å². The predicted molar refractivity (Wildman–Crippen MR) is 57.7 cm³/mol. The summed E-state index contributed by atoms with van der Waals surface area (Å²) in [7, 11) is 3.43. The quantitative estimate of drug-likeness (QED) is 0.591. The molecule has 0 bridgehead atoms. The molecule has 1 rings (SSSR count). The Morgan fingerprint density at radius 1 is 1.62 bits per heavy atom. The van der Waals surface area contributed by atoms with Crippen LogP contribution in [0.1, 0.15) is 12.5 Å². The largest absolute Gasteiger partial charge is 0.496 e. The zero-order chi connectivity index (χ0) is 9.84. The fraction of sp³-hybridized carbons (Fsp3) is 0.333. The van der Waals surface area contributed by atoms with Gasteiger partial charge in [0, 0.05) is 29.7 Å². The Balaban J connectivity index is 3.15. The summed E-state index contributed by atoms with van der Waals surface area (Å²) in [5, 5.41) is 2.93. The number of hydrogen-bond acceptors (Lipinski definition) is 4. The van der Waals surface area contributed by atoms with Crippen LogP contribution in [0.25, 0.3) is 0 Å². The van der Waals surface area contributed by atoms with Crippen LogP contribution in [0.3, 0.4) is 0 Å². The molecule has 0 radical (unpaired) electrons. The van der Waals surface area contributed by atoms with Gasteiger partial charge >= 0.3 is 0 Å². The molecule has 1 aromatic rings. The van der Waals surface area contributed by atoms with E-state index in [1.165, 1.54) is 0 Å². The maximum absolute atomic E-state index is 5.18. The second-order valence-corrected chi connectivity index (χ2v) is 3.19. The van der Waals surface area contributed by atoms with Crippen molar-refractivity contribution in [3.8, 4) is 5.75 Å². The first-order valence-corrected chi connectivity index (χ1v) is 4.32. The highest BCUT2D eigenvalue weighted by molar-refractivity contribution is 7.80. The third kappa shape index (κ3) is 2.15. The molecule has 3 nitrogen and oxygen atoms in total. The van der Waals surface area contributed by atoms with Gasteiger partial charge in [-0.2, -0.15) is 0 Å². The second-order valence-electron chi connectivity index (χ2n) is 2.58. The minimum atomic E-state index is 0.756. The highest BCUT2D eigenvalue weighted by Crippen LogP contribution is 2.21. The molecule has 1 N–H and O–H groups in total. The van der Waals surface area contributed by atoms with E-state index in [2.05, 4.69) is 10.3 Å². The molecular formula is C9H12N2OS. The molecule has 0 spiro atoms. The number of aromatic nitrogens is 1. The first kappa shape index (κ1) is 9.92. The summed E-state index contributed by atoms with van der Waals surface area (Å²) in [6, 6.07) is 1.82. The van der Waals surface area contributed by atoms with Crippen LogP contribution in [0.5, 0.6) is 5.75 Å². The Hall–Kier alpha value is -1.16. The van der Waals surface area contributed by atoms with Crippen molar-refractivity contribution >= 4 is 22.9 Å². The number of nitrogens with one attached hydrogen (secondary N) is 1. The van der Waals surface area contributed by atoms with E-state index >= 15 is 0 Å². The third-order valence-corrected chi connectivity index (χ3v) is 1.94. The fourth-order valence-corrected chi connectivity index (χ4v) is 1.16. The van der Waals surface area contributed by atoms with E-state index in [0.29, 0.717) is 0 Å². The summed E-state index contributed by atoms with van der Waals surface area (Å²) in [5.74, 6) is 1.53. The minimum absolute atomic E-state index is 0.756. The van der Waals surface area contributed by atoms with Gasteiger partial charge in [0.15, 0.2) is 0 Å². The molecule has 70 valence electrons. The lowest BCUT2D eigenvalue weighted by Gasteiger charge is -2.08. The van der Waals surface area contributed by atoms with Gasteiger partial charge in [-0.25, -0.2) is 4.98 Å². The van der Waals surface area contributed by atoms with Gasteiger partial charge < -0.3 is 10.1 Å². The first-order valence-electron chi connectivity index (χ1n) is 3.91. The summed E-state index contributed by atoms with van der Waals surface area (Å²) < 4.78 is 5.18. The van der Waals surface area contributed by atoms with Gasteiger partial charge in [-0.05, 0) is 6.92 Å². The predicted octanol–water partition coefficient (Wildman–Crippen LogP) is 1.87. The normalized spacial score (nSPS) is 9.46. The van der Waals surface area contributed by atoms with Crippen molar-refractivity contribution in [1.82, 2.24) is 4.98 Å². The number of thiocarbonyl (C=S) groups is 1. The van der Waals surface area contributed by atoms with E-state index in [0.717, 1.165) is 22.0 Å². The Kier molecular flexibility index (Phi) is 3.19. The molecule has 1 heterocycles. The molecule has 0 aliphatic heterocycles. The maximum atomic E-state index is 5.18. The number of methoxy groups -OCH3 is 1. The average Bonchev–Trinajstić information content (AvgIpc) is 2.16. The molecule has 13 heavy (non-hydrogen) atoms. The lowest BCUT2D eigenvalue weighted by atomic mass is 10.2. The molecule has 0 saturated heterocycles. The van der Waals surface area contributed by atoms with Crippen molar-refractivity contribution in [1.29, 1.82) is 0 Å². The van der Waals surface area contributed by atoms with Crippen molar-refractivity contribution in [2.24, 2.45) is 0 Å². The van der Waals surface area contributed by atoms with Gasteiger partial charge in [-0.1, -0.05) is 12.2 Å². The molecule has 0 aliphatic rings. The van der Waals surface area contributed by atoms with E-state index in [9.17, 15) is 0 Å². The van der Waals surface area contributed by atoms with Crippen LogP contribution < -0.4 is 10.1 Å². The lowest BCUT2D eigenvalue weighted by Crippen LogP contribution is -2.00. The zero-order valence-electron chi connectivity index (χ0n) is 7.92. The van der Waals surface area contributed by atoms with Crippen LogP contribution in [0.4, 0.5) is 5.82 Å². The molecule has 0 atom stereocenters. The van der Waals surface area contributed by atoms with Crippen molar-refractivity contribution < 1.29 is 4.74 Å². The number of hydrogen-bond donors (Lipinski definition) is 1. The molecular weight excluding hydrogens is 184 g/mol. The van der Waals surface area contributed by atoms with Crippen LogP contribution in [0, 0.1) is 0 Å². The van der Waals surface area contributed by atoms with Crippen molar-refractivity contribution in [3.63, 3.8) is 0 Å². The van der Waals surface area contributed by atoms with Gasteiger partial charge in [0.05, 0.1) is 7.11 Å². The Morgan fingerprint density at radius 2 is 2.31 bits per heavy atom. The molecule has 0 aromatic carbocycles. The summed E-state index contributed by atoms with van der Waals surface area (Å²) in [6.07, 6.45) is 1.72. The van der Waals surface area contributed by atoms with E-state index in [1.807, 2.05) is 20.0 Å². The topological polar surface area (TPSA) is 34.1 Å². The monoisotopic (exact) mass is 196 g/mol. The number of pyridine rings is 1. The van der Waals surface area contributed by atoms with Crippen LogP contribution >= 0.6 is 12.2 Å². The molecule has 0 amide bonds. The van der Waals surface area contributed by atoms with Crippen molar-refractivity contribution in [2.45, 2.75) is 6.92 Å². The Bertz CT molecular complexity index is 325. The van der Waals surface area contributed by atoms with Crippen molar-refractivity contribution in [2.75, 3.05) is 19.5 Å². The Morgan fingerprint density at radius 3 is 2.77 bits per heavy atom. The number of ether oxygens (including phenoxy) is 1. The fourth-order valence-electron chi connectivity index (χ4n) is 1.01. The van der Waals surface area contributed by atoms with E-state index in [1.54, 1.807) is 13.3 Å². The smallest absolute Gasteiger partial charge is 0.132 e. The standard InChI is InChI=1S/C9H12N2OS/c1-6(13)7-5-11-9(10-2)4-8(7)12-3/h4-5H,1-3H3,(H,10,11). The van der Waals surface area contributed by atoms with Gasteiger partial charge in [0.1, 0.15) is 11.6 Å². The van der Waals surface area contributed by atoms with Gasteiger partial charge in [0.25, 0.3) is 0 Å². The molecule has 4 heteroatoms. The molecule has 0 saturated carbocycles. The summed E-state index contributed by atoms with van der Waals surface area (Å²) >= 11 is 5.05. The number of rotatable bonds is 3. The summed E-state index contributed by atoms with van der Waals surface area (Å²) in [4.78, 5) is 4.93. The number of anilines is 1. The molecule has 0 unspecified atom stereocenters. The van der Waals surface area contributed by atoms with Crippen LogP contribution in [0.15, 0.2) is 12.3 Å². The van der Waals surface area contributed by atoms with E-state index in [-0.39, 0.29) is 0 Å². The third-order valence-electron chi connectivity index (χ3n) is 1.72. The Labute approximate surface area is 83.1 Å². The summed E-state index contributed by atoms with van der Waals surface area (Å²) in [5.41, 5.74) is 0.872. The minimum Gasteiger partial charge on any atom is -0.496 e.